The van der Waals surface area contributed by atoms with Crippen molar-refractivity contribution in [3.63, 3.8) is 0 Å². The van der Waals surface area contributed by atoms with Gasteiger partial charge in [-0.3, -0.25) is 9.59 Å². The molecule has 3 aromatic rings. The van der Waals surface area contributed by atoms with E-state index in [4.69, 9.17) is 16.3 Å². The highest BCUT2D eigenvalue weighted by Gasteiger charge is 2.66. The number of carbonyl (C=O) groups is 2. The molecule has 0 radical (unpaired) electrons. The van der Waals surface area contributed by atoms with Crippen molar-refractivity contribution in [2.45, 2.75) is 69.2 Å². The van der Waals surface area contributed by atoms with Gasteiger partial charge in [0.15, 0.2) is 13.9 Å². The van der Waals surface area contributed by atoms with E-state index in [0.717, 1.165) is 22.4 Å². The molecular formula is C33H37ClN2O5Si. The fraction of sp³-hybridized carbons (Fsp3) is 0.394. The van der Waals surface area contributed by atoms with E-state index in [-0.39, 0.29) is 30.9 Å². The topological polar surface area (TPSA) is 90.3 Å². The number of benzene rings is 3. The van der Waals surface area contributed by atoms with Gasteiger partial charge in [-0.15, -0.1) is 0 Å². The molecule has 9 heteroatoms. The molecule has 1 saturated heterocycles. The highest BCUT2D eigenvalue weighted by molar-refractivity contribution is 6.71. The Labute approximate surface area is 252 Å². The molecule has 3 aromatic carbocycles. The van der Waals surface area contributed by atoms with Crippen LogP contribution in [0.1, 0.15) is 35.6 Å². The molecular weight excluding hydrogens is 568 g/mol. The van der Waals surface area contributed by atoms with Crippen molar-refractivity contribution >= 4 is 37.4 Å². The standard InChI is InChI=1S/C33H37ClN2O5Si/c1-21-31(42(2,3)40)29(17-30(38)35-19-24-12-8-7-11-23(24)15-26(35)20-37)41-33(21)27-16-25(34)13-14-28(27)36(32(33)39)18-22-9-5-4-6-10-22/h4-14,16,21,26,29,31,37,40H,15,17-20H2,1-3H3/t21-,26-,29+,31-,33+/m0/s1. The molecule has 1 fully saturated rings. The number of hydrogen-bond acceptors (Lipinski definition) is 5. The molecule has 7 nitrogen and oxygen atoms in total. The average molecular weight is 605 g/mol. The lowest BCUT2D eigenvalue weighted by Gasteiger charge is -2.37. The van der Waals surface area contributed by atoms with Crippen LogP contribution in [-0.2, 0) is 39.4 Å². The fourth-order valence-electron chi connectivity index (χ4n) is 7.50. The van der Waals surface area contributed by atoms with Crippen molar-refractivity contribution in [2.75, 3.05) is 11.5 Å². The summed E-state index contributed by atoms with van der Waals surface area (Å²) < 4.78 is 6.84. The third kappa shape index (κ3) is 4.79. The summed E-state index contributed by atoms with van der Waals surface area (Å²) in [5.74, 6) is -0.753. The molecule has 3 aliphatic rings. The summed E-state index contributed by atoms with van der Waals surface area (Å²) >= 11 is 6.50. The van der Waals surface area contributed by atoms with Crippen molar-refractivity contribution in [1.29, 1.82) is 0 Å². The number of ether oxygens (including phenoxy) is 1. The van der Waals surface area contributed by atoms with Gasteiger partial charge in [0.05, 0.1) is 37.4 Å². The number of aliphatic hydroxyl groups excluding tert-OH is 1. The first kappa shape index (κ1) is 29.1. The first-order valence-corrected chi connectivity index (χ1v) is 18.0. The zero-order valence-electron chi connectivity index (χ0n) is 24.2. The Balaban J connectivity index is 1.36. The van der Waals surface area contributed by atoms with E-state index in [1.807, 2.05) is 80.7 Å². The fourth-order valence-corrected chi connectivity index (χ4v) is 10.2. The largest absolute Gasteiger partial charge is 0.432 e. The molecule has 0 aliphatic carbocycles. The van der Waals surface area contributed by atoms with Crippen LogP contribution in [0.25, 0.3) is 0 Å². The second kappa shape index (κ2) is 10.9. The van der Waals surface area contributed by atoms with Gasteiger partial charge in [0.2, 0.25) is 5.91 Å². The van der Waals surface area contributed by atoms with Crippen molar-refractivity contribution in [3.05, 3.63) is 100 Å². The molecule has 5 atom stereocenters. The van der Waals surface area contributed by atoms with Crippen LogP contribution in [0.3, 0.4) is 0 Å². The van der Waals surface area contributed by atoms with Crippen LogP contribution in [0.15, 0.2) is 72.8 Å². The van der Waals surface area contributed by atoms with Gasteiger partial charge in [0.1, 0.15) is 0 Å². The van der Waals surface area contributed by atoms with Crippen LogP contribution in [0.5, 0.6) is 0 Å². The predicted molar refractivity (Wildman–Crippen MR) is 164 cm³/mol. The van der Waals surface area contributed by atoms with Gasteiger partial charge in [-0.2, -0.15) is 0 Å². The molecule has 0 aromatic heterocycles. The lowest BCUT2D eigenvalue weighted by atomic mass is 9.82. The normalized spacial score (nSPS) is 27.0. The molecule has 2 N–H and O–H groups in total. The Morgan fingerprint density at radius 1 is 1.07 bits per heavy atom. The molecule has 1 spiro atoms. The first-order chi connectivity index (χ1) is 20.0. The SMILES string of the molecule is C[C@H]1[C@H]([Si](C)(C)O)[C@@H](CC(=O)N2Cc3ccccc3C[C@H]2CO)O[C@]12C(=O)N(Cc1ccccc1)c1ccc(Cl)cc12. The average Bonchev–Trinajstić information content (AvgIpc) is 3.39. The number of fused-ring (bicyclic) bond motifs is 3. The molecule has 3 heterocycles. The lowest BCUT2D eigenvalue weighted by molar-refractivity contribution is -0.151. The van der Waals surface area contributed by atoms with E-state index < -0.39 is 31.5 Å². The van der Waals surface area contributed by atoms with E-state index in [9.17, 15) is 19.5 Å². The van der Waals surface area contributed by atoms with Gasteiger partial charge < -0.3 is 24.4 Å². The third-order valence-electron chi connectivity index (χ3n) is 9.39. The first-order valence-electron chi connectivity index (χ1n) is 14.6. The summed E-state index contributed by atoms with van der Waals surface area (Å²) in [7, 11) is -2.95. The third-order valence-corrected chi connectivity index (χ3v) is 12.1. The number of anilines is 1. The quantitative estimate of drug-likeness (QED) is 0.386. The minimum absolute atomic E-state index is 0.00821. The summed E-state index contributed by atoms with van der Waals surface area (Å²) in [4.78, 5) is 43.5. The van der Waals surface area contributed by atoms with Crippen LogP contribution in [0.4, 0.5) is 5.69 Å². The summed E-state index contributed by atoms with van der Waals surface area (Å²) in [5.41, 5.74) is 2.83. The number of halogens is 1. The Hall–Kier alpha value is -3.01. The van der Waals surface area contributed by atoms with Crippen LogP contribution < -0.4 is 4.90 Å². The number of carbonyl (C=O) groups excluding carboxylic acids is 2. The molecule has 0 saturated carbocycles. The predicted octanol–water partition coefficient (Wildman–Crippen LogP) is 5.02. The molecule has 6 rings (SSSR count). The van der Waals surface area contributed by atoms with Crippen LogP contribution in [0, 0.1) is 5.92 Å². The van der Waals surface area contributed by atoms with E-state index in [1.165, 1.54) is 0 Å². The van der Waals surface area contributed by atoms with Crippen molar-refractivity contribution in [2.24, 2.45) is 5.92 Å². The monoisotopic (exact) mass is 604 g/mol. The Bertz CT molecular complexity index is 1510. The minimum atomic E-state index is -2.95. The van der Waals surface area contributed by atoms with E-state index in [1.54, 1.807) is 21.9 Å². The zero-order chi connectivity index (χ0) is 29.8. The summed E-state index contributed by atoms with van der Waals surface area (Å²) in [6.45, 7) is 6.28. The number of nitrogens with zero attached hydrogens (tertiary/aromatic N) is 2. The molecule has 42 heavy (non-hydrogen) atoms. The van der Waals surface area contributed by atoms with E-state index >= 15 is 0 Å². The zero-order valence-corrected chi connectivity index (χ0v) is 25.9. The molecule has 2 amide bonds. The minimum Gasteiger partial charge on any atom is -0.432 e. The second-order valence-electron chi connectivity index (χ2n) is 12.4. The summed E-state index contributed by atoms with van der Waals surface area (Å²) in [5, 5.41) is 10.7. The number of amides is 2. The Morgan fingerprint density at radius 2 is 1.76 bits per heavy atom. The van der Waals surface area contributed by atoms with E-state index in [0.29, 0.717) is 30.1 Å². The molecule has 0 bridgehead atoms. The van der Waals surface area contributed by atoms with Gasteiger partial charge in [0, 0.05) is 28.6 Å². The highest BCUT2D eigenvalue weighted by atomic mass is 35.5. The number of aliphatic hydroxyl groups is 1. The Kier molecular flexibility index (Phi) is 7.56. The second-order valence-corrected chi connectivity index (χ2v) is 16.8. The maximum absolute atomic E-state index is 14.5. The van der Waals surface area contributed by atoms with Crippen molar-refractivity contribution in [1.82, 2.24) is 4.90 Å². The van der Waals surface area contributed by atoms with Crippen LogP contribution in [0.2, 0.25) is 23.7 Å². The van der Waals surface area contributed by atoms with Crippen molar-refractivity contribution in [3.8, 4) is 0 Å². The molecule has 3 aliphatic heterocycles. The van der Waals surface area contributed by atoms with Crippen LogP contribution >= 0.6 is 11.6 Å². The molecule has 220 valence electrons. The number of rotatable bonds is 6. The lowest BCUT2D eigenvalue weighted by Crippen LogP contribution is -2.48. The summed E-state index contributed by atoms with van der Waals surface area (Å²) in [6.07, 6.45) is -0.0933. The highest BCUT2D eigenvalue weighted by Crippen LogP contribution is 2.60. The smallest absolute Gasteiger partial charge is 0.264 e. The van der Waals surface area contributed by atoms with Gasteiger partial charge in [-0.25, -0.2) is 0 Å². The summed E-state index contributed by atoms with van der Waals surface area (Å²) in [6, 6.07) is 22.9. The molecule has 0 unspecified atom stereocenters. The maximum atomic E-state index is 14.5. The van der Waals surface area contributed by atoms with Gasteiger partial charge in [0.25, 0.3) is 5.91 Å². The van der Waals surface area contributed by atoms with Crippen molar-refractivity contribution < 1.29 is 24.2 Å². The van der Waals surface area contributed by atoms with E-state index in [2.05, 4.69) is 0 Å². The Morgan fingerprint density at radius 3 is 2.45 bits per heavy atom. The van der Waals surface area contributed by atoms with Gasteiger partial charge in [-0.1, -0.05) is 73.1 Å². The number of hydrogen-bond donors (Lipinski definition) is 2. The van der Waals surface area contributed by atoms with Crippen LogP contribution in [-0.4, -0.2) is 53.7 Å². The van der Waals surface area contributed by atoms with Gasteiger partial charge >= 0.3 is 0 Å². The van der Waals surface area contributed by atoms with Gasteiger partial charge in [-0.05, 0) is 54.4 Å². The maximum Gasteiger partial charge on any atom is 0.264 e.